The Morgan fingerprint density at radius 3 is 2.76 bits per heavy atom. The van der Waals surface area contributed by atoms with Gasteiger partial charge < -0.3 is 15.4 Å². The van der Waals surface area contributed by atoms with Crippen LogP contribution in [0.2, 0.25) is 0 Å². The molecule has 3 rings (SSSR count). The molecule has 25 heavy (non-hydrogen) atoms. The average Bonchev–Trinajstić information content (AvgIpc) is 2.62. The first kappa shape index (κ1) is 17.7. The van der Waals surface area contributed by atoms with E-state index in [9.17, 15) is 14.9 Å². The number of nitrogens with one attached hydrogen (secondary N) is 2. The van der Waals surface area contributed by atoms with Crippen LogP contribution in [-0.2, 0) is 4.74 Å². The summed E-state index contributed by atoms with van der Waals surface area (Å²) < 4.78 is 6.12. The Morgan fingerprint density at radius 2 is 2.08 bits per heavy atom. The molecule has 1 heterocycles. The van der Waals surface area contributed by atoms with Gasteiger partial charge in [-0.1, -0.05) is 19.3 Å². The van der Waals surface area contributed by atoms with Crippen molar-refractivity contribution in [1.82, 2.24) is 5.32 Å². The van der Waals surface area contributed by atoms with Crippen LogP contribution in [0.4, 0.5) is 11.4 Å². The normalized spacial score (nSPS) is 22.4. The number of non-ortho nitro benzene ring substituents is 1. The summed E-state index contributed by atoms with van der Waals surface area (Å²) in [5.41, 5.74) is 0.825. The molecule has 136 valence electrons. The first-order chi connectivity index (χ1) is 12.0. The minimum absolute atomic E-state index is 0.0396. The summed E-state index contributed by atoms with van der Waals surface area (Å²) in [6.45, 7) is 0.708. The van der Waals surface area contributed by atoms with Crippen molar-refractivity contribution in [3.8, 4) is 0 Å². The monoisotopic (exact) mass is 347 g/mol. The number of carbonyl (C=O) groups excluding carboxylic acids is 1. The highest BCUT2D eigenvalue weighted by Crippen LogP contribution is 2.39. The van der Waals surface area contributed by atoms with Crippen LogP contribution in [0.3, 0.4) is 0 Å². The van der Waals surface area contributed by atoms with Crippen molar-refractivity contribution < 1.29 is 14.5 Å². The van der Waals surface area contributed by atoms with E-state index in [0.717, 1.165) is 25.7 Å². The largest absolute Gasteiger partial charge is 0.381 e. The predicted molar refractivity (Wildman–Crippen MR) is 94.9 cm³/mol. The summed E-state index contributed by atoms with van der Waals surface area (Å²) in [5.74, 6) is -0.328. The SMILES string of the molecule is CNC(=O)c1cc([N+](=O)[O-])ccc1NC1CCOC2(CCCCC2)C1. The zero-order valence-corrected chi connectivity index (χ0v) is 14.5. The van der Waals surface area contributed by atoms with Crippen LogP contribution in [-0.4, -0.2) is 36.1 Å². The van der Waals surface area contributed by atoms with E-state index >= 15 is 0 Å². The second kappa shape index (κ2) is 7.39. The topological polar surface area (TPSA) is 93.5 Å². The molecule has 1 aliphatic carbocycles. The molecule has 1 spiro atoms. The van der Waals surface area contributed by atoms with E-state index in [-0.39, 0.29) is 23.2 Å². The predicted octanol–water partition coefficient (Wildman–Crippen LogP) is 3.25. The maximum atomic E-state index is 12.1. The zero-order valence-electron chi connectivity index (χ0n) is 14.5. The number of amides is 1. The third-order valence-corrected chi connectivity index (χ3v) is 5.30. The molecule has 2 aliphatic rings. The third-order valence-electron chi connectivity index (χ3n) is 5.30. The number of nitro benzene ring substituents is 1. The molecule has 2 fully saturated rings. The third kappa shape index (κ3) is 3.92. The van der Waals surface area contributed by atoms with Gasteiger partial charge in [0.15, 0.2) is 0 Å². The summed E-state index contributed by atoms with van der Waals surface area (Å²) in [7, 11) is 1.52. The number of hydrogen-bond acceptors (Lipinski definition) is 5. The van der Waals surface area contributed by atoms with Gasteiger partial charge in [-0.05, 0) is 31.7 Å². The van der Waals surface area contributed by atoms with E-state index in [1.54, 1.807) is 6.07 Å². The van der Waals surface area contributed by atoms with Gasteiger partial charge in [-0.2, -0.15) is 0 Å². The van der Waals surface area contributed by atoms with Crippen molar-refractivity contribution in [1.29, 1.82) is 0 Å². The van der Waals surface area contributed by atoms with Crippen LogP contribution in [0.15, 0.2) is 18.2 Å². The Balaban J connectivity index is 1.79. The van der Waals surface area contributed by atoms with Gasteiger partial charge in [-0.3, -0.25) is 14.9 Å². The lowest BCUT2D eigenvalue weighted by Gasteiger charge is -2.44. The van der Waals surface area contributed by atoms with Crippen molar-refractivity contribution in [2.45, 2.75) is 56.6 Å². The van der Waals surface area contributed by atoms with Crippen molar-refractivity contribution in [3.05, 3.63) is 33.9 Å². The summed E-state index contributed by atoms with van der Waals surface area (Å²) in [6, 6.07) is 4.60. The first-order valence-electron chi connectivity index (χ1n) is 8.94. The summed E-state index contributed by atoms with van der Waals surface area (Å²) in [5, 5.41) is 17.0. The molecule has 2 N–H and O–H groups in total. The Hall–Kier alpha value is -2.15. The van der Waals surface area contributed by atoms with Gasteiger partial charge in [0.2, 0.25) is 0 Å². The second-order valence-electron chi connectivity index (χ2n) is 6.99. The summed E-state index contributed by atoms with van der Waals surface area (Å²) in [6.07, 6.45) is 7.64. The lowest BCUT2D eigenvalue weighted by Crippen LogP contribution is -2.45. The first-order valence-corrected chi connectivity index (χ1v) is 8.94. The smallest absolute Gasteiger partial charge is 0.270 e. The molecule has 7 heteroatoms. The van der Waals surface area contributed by atoms with E-state index in [1.165, 1.54) is 38.4 Å². The number of hydrogen-bond donors (Lipinski definition) is 2. The fourth-order valence-electron chi connectivity index (χ4n) is 4.01. The molecule has 1 aliphatic heterocycles. The lowest BCUT2D eigenvalue weighted by molar-refractivity contribution is -0.384. The number of carbonyl (C=O) groups is 1. The van der Waals surface area contributed by atoms with Crippen molar-refractivity contribution >= 4 is 17.3 Å². The molecule has 0 radical (unpaired) electrons. The van der Waals surface area contributed by atoms with Crippen molar-refractivity contribution in [2.24, 2.45) is 0 Å². The fourth-order valence-corrected chi connectivity index (χ4v) is 4.01. The van der Waals surface area contributed by atoms with E-state index in [0.29, 0.717) is 17.9 Å². The maximum absolute atomic E-state index is 12.1. The van der Waals surface area contributed by atoms with E-state index < -0.39 is 4.92 Å². The molecule has 7 nitrogen and oxygen atoms in total. The Bertz CT molecular complexity index is 650. The van der Waals surface area contributed by atoms with Crippen LogP contribution in [0, 0.1) is 10.1 Å². The molecule has 0 aromatic heterocycles. The van der Waals surface area contributed by atoms with Gasteiger partial charge in [0, 0.05) is 37.5 Å². The Labute approximate surface area is 147 Å². The molecule has 1 saturated heterocycles. The van der Waals surface area contributed by atoms with Crippen LogP contribution >= 0.6 is 0 Å². The molecule has 1 aromatic rings. The molecule has 1 amide bonds. The van der Waals surface area contributed by atoms with Crippen LogP contribution in [0.1, 0.15) is 55.3 Å². The van der Waals surface area contributed by atoms with E-state index in [2.05, 4.69) is 10.6 Å². The van der Waals surface area contributed by atoms with Crippen LogP contribution in [0.25, 0.3) is 0 Å². The Morgan fingerprint density at radius 1 is 1.32 bits per heavy atom. The second-order valence-corrected chi connectivity index (χ2v) is 6.99. The highest BCUT2D eigenvalue weighted by atomic mass is 16.6. The van der Waals surface area contributed by atoms with Crippen LogP contribution in [0.5, 0.6) is 0 Å². The number of anilines is 1. The molecular formula is C18H25N3O4. The summed E-state index contributed by atoms with van der Waals surface area (Å²) >= 11 is 0. The van der Waals surface area contributed by atoms with Gasteiger partial charge in [0.05, 0.1) is 16.1 Å². The number of nitro groups is 1. The van der Waals surface area contributed by atoms with Gasteiger partial charge >= 0.3 is 0 Å². The Kier molecular flexibility index (Phi) is 5.22. The zero-order chi connectivity index (χ0) is 17.9. The highest BCUT2D eigenvalue weighted by Gasteiger charge is 2.38. The van der Waals surface area contributed by atoms with Gasteiger partial charge in [0.1, 0.15) is 0 Å². The quantitative estimate of drug-likeness (QED) is 0.644. The van der Waals surface area contributed by atoms with Gasteiger partial charge in [-0.15, -0.1) is 0 Å². The fraction of sp³-hybridized carbons (Fsp3) is 0.611. The molecule has 1 atom stereocenters. The number of rotatable bonds is 4. The van der Waals surface area contributed by atoms with Crippen molar-refractivity contribution in [3.63, 3.8) is 0 Å². The molecular weight excluding hydrogens is 322 g/mol. The van der Waals surface area contributed by atoms with E-state index in [4.69, 9.17) is 4.74 Å². The highest BCUT2D eigenvalue weighted by molar-refractivity contribution is 6.00. The average molecular weight is 347 g/mol. The summed E-state index contributed by atoms with van der Waals surface area (Å²) in [4.78, 5) is 22.7. The maximum Gasteiger partial charge on any atom is 0.270 e. The minimum atomic E-state index is -0.484. The standard InChI is InChI=1S/C18H25N3O4/c1-19-17(22)15-11-14(21(23)24)5-6-16(15)20-13-7-10-25-18(12-13)8-3-2-4-9-18/h5-6,11,13,20H,2-4,7-10,12H2,1H3,(H,19,22). The van der Waals surface area contributed by atoms with Crippen LogP contribution < -0.4 is 10.6 Å². The molecule has 1 saturated carbocycles. The van der Waals surface area contributed by atoms with Gasteiger partial charge in [0.25, 0.3) is 11.6 Å². The van der Waals surface area contributed by atoms with Crippen molar-refractivity contribution in [2.75, 3.05) is 19.0 Å². The van der Waals surface area contributed by atoms with Gasteiger partial charge in [-0.25, -0.2) is 0 Å². The molecule has 0 bridgehead atoms. The number of nitrogens with zero attached hydrogens (tertiary/aromatic N) is 1. The molecule has 1 aromatic carbocycles. The lowest BCUT2D eigenvalue weighted by atomic mass is 9.78. The number of ether oxygens (including phenoxy) is 1. The molecule has 1 unspecified atom stereocenters. The minimum Gasteiger partial charge on any atom is -0.381 e. The van der Waals surface area contributed by atoms with E-state index in [1.807, 2.05) is 0 Å². The number of benzene rings is 1.